The molecule has 0 saturated carbocycles. The number of carbonyl (C=O) groups excluding carboxylic acids is 4. The molecule has 4 atom stereocenters. The van der Waals surface area contributed by atoms with E-state index in [9.17, 15) is 19.2 Å². The van der Waals surface area contributed by atoms with Gasteiger partial charge in [0.15, 0.2) is 12.2 Å². The maximum atomic E-state index is 12.9. The fourth-order valence-corrected chi connectivity index (χ4v) is 3.74. The van der Waals surface area contributed by atoms with Gasteiger partial charge in [-0.05, 0) is 36.4 Å². The van der Waals surface area contributed by atoms with Gasteiger partial charge in [0.05, 0.1) is 16.7 Å². The number of carbonyl (C=O) groups is 4. The van der Waals surface area contributed by atoms with Crippen molar-refractivity contribution in [2.45, 2.75) is 24.4 Å². The molecule has 0 N–H and O–H groups in total. The molecule has 4 rings (SSSR count). The van der Waals surface area contributed by atoms with E-state index in [1.54, 1.807) is 66.7 Å². The van der Waals surface area contributed by atoms with Crippen molar-refractivity contribution in [3.8, 4) is 0 Å². The molecule has 0 spiro atoms. The molecular weight excluding hydrogens is 480 g/mol. The van der Waals surface area contributed by atoms with E-state index >= 15 is 0 Å². The van der Waals surface area contributed by atoms with E-state index in [-0.39, 0.29) is 17.7 Å². The zero-order valence-corrected chi connectivity index (χ0v) is 19.9. The number of esters is 4. The molecule has 0 radical (unpaired) electrons. The summed E-state index contributed by atoms with van der Waals surface area (Å²) >= 11 is 0. The molecule has 1 aliphatic heterocycles. The van der Waals surface area contributed by atoms with Crippen LogP contribution in [0.5, 0.6) is 0 Å². The third kappa shape index (κ3) is 6.20. The van der Waals surface area contributed by atoms with Crippen LogP contribution in [0.3, 0.4) is 0 Å². The van der Waals surface area contributed by atoms with Crippen molar-refractivity contribution >= 4 is 23.9 Å². The average molecular weight is 504 g/mol. The van der Waals surface area contributed by atoms with E-state index in [1.165, 1.54) is 31.4 Å². The molecule has 1 fully saturated rings. The number of ether oxygens (including phenoxy) is 5. The summed E-state index contributed by atoms with van der Waals surface area (Å²) in [6.45, 7) is -0.319. The van der Waals surface area contributed by atoms with Gasteiger partial charge in [0.25, 0.3) is 0 Å². The molecule has 0 aliphatic carbocycles. The summed E-state index contributed by atoms with van der Waals surface area (Å²) in [5.74, 6) is -3.09. The van der Waals surface area contributed by atoms with Gasteiger partial charge >= 0.3 is 23.9 Å². The van der Waals surface area contributed by atoms with Gasteiger partial charge in [-0.15, -0.1) is 0 Å². The number of rotatable bonds is 9. The second-order valence-corrected chi connectivity index (χ2v) is 8.07. The third-order valence-corrected chi connectivity index (χ3v) is 5.66. The maximum absolute atomic E-state index is 12.9. The second-order valence-electron chi connectivity index (χ2n) is 8.07. The van der Waals surface area contributed by atoms with Gasteiger partial charge in [-0.3, -0.25) is 0 Å². The molecule has 9 nitrogen and oxygen atoms in total. The van der Waals surface area contributed by atoms with Crippen LogP contribution in [0.1, 0.15) is 31.1 Å². The first-order chi connectivity index (χ1) is 18.0. The molecule has 0 aromatic heterocycles. The lowest BCUT2D eigenvalue weighted by Crippen LogP contribution is -2.46. The van der Waals surface area contributed by atoms with Crippen molar-refractivity contribution in [1.29, 1.82) is 0 Å². The Labute approximate surface area is 212 Å². The zero-order chi connectivity index (χ0) is 26.2. The quantitative estimate of drug-likeness (QED) is 0.320. The van der Waals surface area contributed by atoms with Gasteiger partial charge in [-0.25, -0.2) is 19.2 Å². The molecule has 1 saturated heterocycles. The van der Waals surface area contributed by atoms with Crippen LogP contribution in [0.15, 0.2) is 91.0 Å². The van der Waals surface area contributed by atoms with Crippen LogP contribution in [-0.4, -0.2) is 62.0 Å². The summed E-state index contributed by atoms with van der Waals surface area (Å²) in [7, 11) is 1.33. The van der Waals surface area contributed by atoms with Crippen LogP contribution in [0, 0.1) is 0 Å². The van der Waals surface area contributed by atoms with Gasteiger partial charge in [0, 0.05) is 7.11 Å². The Hall–Kier alpha value is -4.50. The lowest BCUT2D eigenvalue weighted by molar-refractivity contribution is -0.152. The molecule has 1 aliphatic rings. The van der Waals surface area contributed by atoms with Crippen molar-refractivity contribution in [2.24, 2.45) is 0 Å². The number of methoxy groups -OCH3 is 1. The first-order valence-corrected chi connectivity index (χ1v) is 11.5. The number of hydrogen-bond acceptors (Lipinski definition) is 9. The van der Waals surface area contributed by atoms with Crippen LogP contribution in [0.4, 0.5) is 0 Å². The highest BCUT2D eigenvalue weighted by molar-refractivity contribution is 5.93. The van der Waals surface area contributed by atoms with Gasteiger partial charge in [0.1, 0.15) is 12.7 Å². The van der Waals surface area contributed by atoms with Gasteiger partial charge < -0.3 is 23.7 Å². The first-order valence-electron chi connectivity index (χ1n) is 11.5. The fourth-order valence-electron chi connectivity index (χ4n) is 3.74. The number of cyclic esters (lactones) is 1. The van der Waals surface area contributed by atoms with Crippen molar-refractivity contribution in [2.75, 3.05) is 13.7 Å². The maximum Gasteiger partial charge on any atom is 0.352 e. The van der Waals surface area contributed by atoms with Gasteiger partial charge in [-0.1, -0.05) is 54.6 Å². The largest absolute Gasteiger partial charge is 0.459 e. The topological polar surface area (TPSA) is 114 Å². The van der Waals surface area contributed by atoms with E-state index in [4.69, 9.17) is 23.7 Å². The highest BCUT2D eigenvalue weighted by atomic mass is 16.7. The Morgan fingerprint density at radius 3 is 1.68 bits per heavy atom. The Kier molecular flexibility index (Phi) is 8.27. The minimum atomic E-state index is -1.56. The summed E-state index contributed by atoms with van der Waals surface area (Å²) in [4.78, 5) is 50.8. The van der Waals surface area contributed by atoms with Crippen molar-refractivity contribution < 1.29 is 42.9 Å². The molecule has 1 heterocycles. The Balaban J connectivity index is 1.54. The molecule has 0 bridgehead atoms. The Bertz CT molecular complexity index is 1230. The van der Waals surface area contributed by atoms with Crippen molar-refractivity contribution in [1.82, 2.24) is 0 Å². The lowest BCUT2D eigenvalue weighted by atomic mass is 10.1. The number of hydrogen-bond donors (Lipinski definition) is 0. The minimum absolute atomic E-state index is 0.201. The van der Waals surface area contributed by atoms with Crippen LogP contribution in [0.25, 0.3) is 0 Å². The van der Waals surface area contributed by atoms with E-state index < -0.39 is 48.3 Å². The van der Waals surface area contributed by atoms with Crippen LogP contribution < -0.4 is 0 Å². The molecule has 37 heavy (non-hydrogen) atoms. The molecule has 3 aromatic rings. The molecule has 9 heteroatoms. The molecular formula is C28H24O9. The summed E-state index contributed by atoms with van der Waals surface area (Å²) in [6, 6.07) is 24.5. The first kappa shape index (κ1) is 25.6. The van der Waals surface area contributed by atoms with Crippen LogP contribution in [-0.2, 0) is 28.5 Å². The predicted octanol–water partition coefficient (Wildman–Crippen LogP) is 3.24. The van der Waals surface area contributed by atoms with Crippen molar-refractivity contribution in [3.63, 3.8) is 0 Å². The fraction of sp³-hybridized carbons (Fsp3) is 0.214. The van der Waals surface area contributed by atoms with Crippen molar-refractivity contribution in [3.05, 3.63) is 108 Å². The highest BCUT2D eigenvalue weighted by Gasteiger charge is 2.53. The number of benzene rings is 3. The van der Waals surface area contributed by atoms with Gasteiger partial charge in [-0.2, -0.15) is 0 Å². The third-order valence-electron chi connectivity index (χ3n) is 5.66. The highest BCUT2D eigenvalue weighted by Crippen LogP contribution is 2.28. The SMILES string of the molecule is COC(COC(=O)c1ccccc1)C1OC(=O)C(OC(=O)c2ccccc2)C1OC(=O)c1ccccc1. The van der Waals surface area contributed by atoms with Crippen LogP contribution >= 0.6 is 0 Å². The molecule has 0 amide bonds. The summed E-state index contributed by atoms with van der Waals surface area (Å²) in [5, 5.41) is 0. The predicted molar refractivity (Wildman–Crippen MR) is 129 cm³/mol. The van der Waals surface area contributed by atoms with E-state index in [2.05, 4.69) is 0 Å². The Morgan fingerprint density at radius 2 is 1.19 bits per heavy atom. The zero-order valence-electron chi connectivity index (χ0n) is 19.9. The van der Waals surface area contributed by atoms with E-state index in [0.29, 0.717) is 5.56 Å². The molecule has 4 unspecified atom stereocenters. The van der Waals surface area contributed by atoms with Crippen LogP contribution in [0.2, 0.25) is 0 Å². The summed E-state index contributed by atoms with van der Waals surface area (Å²) in [5.41, 5.74) is 0.743. The Morgan fingerprint density at radius 1 is 0.730 bits per heavy atom. The van der Waals surface area contributed by atoms with E-state index in [0.717, 1.165) is 0 Å². The monoisotopic (exact) mass is 504 g/mol. The smallest absolute Gasteiger partial charge is 0.352 e. The average Bonchev–Trinajstić information content (AvgIpc) is 3.24. The standard InChI is InChI=1S/C28H24O9/c1-33-21(17-34-25(29)18-11-5-2-6-12-18)22-23(36-26(30)19-13-7-3-8-14-19)24(28(32)35-22)37-27(31)20-15-9-4-10-16-20/h2-16,21-24H,17H2,1H3. The second kappa shape index (κ2) is 12.0. The van der Waals surface area contributed by atoms with E-state index in [1.807, 2.05) is 0 Å². The lowest BCUT2D eigenvalue weighted by Gasteiger charge is -2.26. The molecule has 3 aromatic carbocycles. The molecule has 190 valence electrons. The van der Waals surface area contributed by atoms with Gasteiger partial charge in [0.2, 0.25) is 6.10 Å². The normalized spacial score (nSPS) is 19.4. The minimum Gasteiger partial charge on any atom is -0.459 e. The summed E-state index contributed by atoms with van der Waals surface area (Å²) in [6.07, 6.45) is -5.17. The summed E-state index contributed by atoms with van der Waals surface area (Å²) < 4.78 is 27.3.